The van der Waals surface area contributed by atoms with Crippen LogP contribution in [0.25, 0.3) is 0 Å². The first-order valence-corrected chi connectivity index (χ1v) is 10.1. The summed E-state index contributed by atoms with van der Waals surface area (Å²) >= 11 is 3.23. The molecule has 1 aromatic rings. The smallest absolute Gasteiger partial charge is 0.328 e. The summed E-state index contributed by atoms with van der Waals surface area (Å²) in [4.78, 5) is 30.7. The molecule has 0 unspecified atom stereocenters. The normalized spacial score (nSPS) is 14.9. The van der Waals surface area contributed by atoms with Crippen LogP contribution in [0.5, 0.6) is 0 Å². The van der Waals surface area contributed by atoms with Gasteiger partial charge in [-0.1, -0.05) is 20.8 Å². The van der Waals surface area contributed by atoms with Gasteiger partial charge in [-0.3, -0.25) is 14.4 Å². The van der Waals surface area contributed by atoms with E-state index in [1.807, 2.05) is 4.89 Å². The lowest BCUT2D eigenvalue weighted by Gasteiger charge is -2.08. The van der Waals surface area contributed by atoms with Crippen molar-refractivity contribution < 1.29 is 32.3 Å². The molecule has 1 aliphatic carbocycles. The number of halogens is 1. The number of ether oxygens (including phenoxy) is 2. The molecule has 1 saturated carbocycles. The van der Waals surface area contributed by atoms with Gasteiger partial charge in [-0.05, 0) is 36.8 Å². The molecular weight excluding hydrogens is 442 g/mol. The molecule has 1 fully saturated rings. The van der Waals surface area contributed by atoms with Crippen molar-refractivity contribution in [3.63, 3.8) is 0 Å². The molecule has 0 radical (unpaired) electrons. The molecule has 0 saturated heterocycles. The summed E-state index contributed by atoms with van der Waals surface area (Å²) in [5.41, 5.74) is 1.88. The third kappa shape index (κ3) is 4.85. The molecule has 1 aliphatic rings. The molecule has 0 aromatic heterocycles. The predicted molar refractivity (Wildman–Crippen MR) is 97.7 cm³/mol. The molecule has 0 aliphatic heterocycles. The summed E-state index contributed by atoms with van der Waals surface area (Å²) < 4.78 is 34.1. The van der Waals surface area contributed by atoms with Crippen molar-refractivity contribution in [2.24, 2.45) is 5.41 Å². The number of hydrogen-bond acceptors (Lipinski definition) is 7. The lowest BCUT2D eigenvalue weighted by molar-refractivity contribution is -0.160. The Morgan fingerprint density at radius 3 is 2.37 bits per heavy atom. The summed E-state index contributed by atoms with van der Waals surface area (Å²) in [5, 5.41) is 0. The van der Waals surface area contributed by atoms with Gasteiger partial charge in [0.05, 0.1) is 25.7 Å². The maximum Gasteiger partial charge on any atom is 0.328 e. The largest absolute Gasteiger partial charge is 0.468 e. The maximum absolute atomic E-state index is 12.0. The van der Waals surface area contributed by atoms with Gasteiger partial charge in [-0.25, -0.2) is 8.42 Å². The van der Waals surface area contributed by atoms with Crippen LogP contribution in [0.4, 0.5) is 0 Å². The fourth-order valence-electron chi connectivity index (χ4n) is 2.31. The van der Waals surface area contributed by atoms with E-state index in [1.54, 1.807) is 18.2 Å². The van der Waals surface area contributed by atoms with E-state index in [0.29, 0.717) is 12.0 Å². The summed E-state index contributed by atoms with van der Waals surface area (Å²) in [6, 6.07) is 6.08. The van der Waals surface area contributed by atoms with E-state index in [1.165, 1.54) is 26.4 Å². The first-order chi connectivity index (χ1) is 12.8. The van der Waals surface area contributed by atoms with E-state index < -0.39 is 27.4 Å². The average molecular weight is 460 g/mol. The Bertz CT molecular complexity index is 870. The van der Waals surface area contributed by atoms with Crippen molar-refractivity contribution in [3.8, 4) is 0 Å². The van der Waals surface area contributed by atoms with Crippen molar-refractivity contribution in [1.82, 2.24) is 4.89 Å². The zero-order valence-corrected chi connectivity index (χ0v) is 17.1. The zero-order valence-electron chi connectivity index (χ0n) is 14.7. The van der Waals surface area contributed by atoms with E-state index in [0.717, 1.165) is 4.47 Å². The summed E-state index contributed by atoms with van der Waals surface area (Å²) in [5.74, 6) is -1.38. The second-order valence-corrected chi connectivity index (χ2v) is 8.13. The van der Waals surface area contributed by atoms with E-state index in [-0.39, 0.29) is 17.9 Å². The lowest BCUT2D eigenvalue weighted by atomic mass is 10.1. The molecular formula is C17H18BrNO7S. The molecule has 1 aromatic carbocycles. The second kappa shape index (κ2) is 8.81. The number of sulfonamides is 1. The number of rotatable bonds is 8. The van der Waals surface area contributed by atoms with Crippen molar-refractivity contribution in [3.05, 3.63) is 46.1 Å². The number of methoxy groups -OCH3 is 2. The number of benzene rings is 1. The van der Waals surface area contributed by atoms with Gasteiger partial charge in [0, 0.05) is 16.5 Å². The number of nitrogens with one attached hydrogen (secondary N) is 1. The van der Waals surface area contributed by atoms with Crippen LogP contribution in [0, 0.1) is 5.41 Å². The van der Waals surface area contributed by atoms with Gasteiger partial charge >= 0.3 is 11.9 Å². The molecule has 0 atom stereocenters. The molecule has 2 rings (SSSR count). The molecule has 0 amide bonds. The van der Waals surface area contributed by atoms with Gasteiger partial charge in [0.15, 0.2) is 5.41 Å². The summed E-state index contributed by atoms with van der Waals surface area (Å²) in [6.45, 7) is 0.0412. The summed E-state index contributed by atoms with van der Waals surface area (Å²) in [6.07, 6.45) is 2.04. The number of carbonyl (C=O) groups is 2. The van der Waals surface area contributed by atoms with Crippen molar-refractivity contribution in [1.29, 1.82) is 0 Å². The molecule has 8 nitrogen and oxygen atoms in total. The Balaban J connectivity index is 1.88. The fourth-order valence-corrected chi connectivity index (χ4v) is 3.41. The molecule has 0 heterocycles. The van der Waals surface area contributed by atoms with Gasteiger partial charge in [0.1, 0.15) is 0 Å². The molecule has 1 N–H and O–H groups in total. The van der Waals surface area contributed by atoms with Gasteiger partial charge in [0.25, 0.3) is 10.0 Å². The molecule has 0 spiro atoms. The van der Waals surface area contributed by atoms with E-state index >= 15 is 0 Å². The van der Waals surface area contributed by atoms with Crippen LogP contribution in [-0.2, 0) is 33.9 Å². The molecule has 27 heavy (non-hydrogen) atoms. The van der Waals surface area contributed by atoms with E-state index in [4.69, 9.17) is 4.84 Å². The molecule has 146 valence electrons. The fraction of sp³-hybridized carbons (Fsp3) is 0.353. The summed E-state index contributed by atoms with van der Waals surface area (Å²) in [7, 11) is -1.39. The van der Waals surface area contributed by atoms with Crippen molar-refractivity contribution in [2.45, 2.75) is 17.7 Å². The Morgan fingerprint density at radius 2 is 1.81 bits per heavy atom. The monoisotopic (exact) mass is 459 g/mol. The highest BCUT2D eigenvalue weighted by Crippen LogP contribution is 2.53. The SMILES string of the molecule is COC(=O)C1(C(=O)OC)CC1=C=CCCONS(=O)(=O)c1ccc(Br)cc1. The third-order valence-corrected chi connectivity index (χ3v) is 5.59. The van der Waals surface area contributed by atoms with Crippen molar-refractivity contribution >= 4 is 37.9 Å². The first-order valence-electron chi connectivity index (χ1n) is 7.78. The van der Waals surface area contributed by atoms with Gasteiger partial charge in [-0.2, -0.15) is 0 Å². The Labute approximate surface area is 165 Å². The van der Waals surface area contributed by atoms with Crippen LogP contribution in [0.2, 0.25) is 0 Å². The first kappa shape index (κ1) is 21.3. The Morgan fingerprint density at radius 1 is 1.22 bits per heavy atom. The minimum atomic E-state index is -3.77. The highest BCUT2D eigenvalue weighted by Gasteiger charge is 2.64. The minimum Gasteiger partial charge on any atom is -0.468 e. The highest BCUT2D eigenvalue weighted by atomic mass is 79.9. The standard InChI is InChI=1S/C17H18BrNO7S/c1-24-15(20)17(16(21)25-2)11-12(17)5-3-4-10-26-19-27(22,23)14-8-6-13(18)7-9-14/h3,6-9,19H,4,10-11H2,1-2H3. The van der Waals surface area contributed by atoms with Gasteiger partial charge in [0.2, 0.25) is 0 Å². The minimum absolute atomic E-state index is 0.0412. The van der Waals surface area contributed by atoms with Crippen LogP contribution in [0.15, 0.2) is 51.0 Å². The van der Waals surface area contributed by atoms with Gasteiger partial charge in [-0.15, -0.1) is 5.73 Å². The number of hydrogen-bond donors (Lipinski definition) is 1. The average Bonchev–Trinajstić information content (AvgIpc) is 3.39. The van der Waals surface area contributed by atoms with Crippen molar-refractivity contribution in [2.75, 3.05) is 20.8 Å². The lowest BCUT2D eigenvalue weighted by Crippen LogP contribution is -2.28. The molecule has 10 heteroatoms. The number of carbonyl (C=O) groups excluding carboxylic acids is 2. The van der Waals surface area contributed by atoms with Crippen LogP contribution in [0.3, 0.4) is 0 Å². The highest BCUT2D eigenvalue weighted by molar-refractivity contribution is 9.10. The molecule has 0 bridgehead atoms. The quantitative estimate of drug-likeness (QED) is 0.208. The van der Waals surface area contributed by atoms with E-state index in [9.17, 15) is 18.0 Å². The third-order valence-electron chi connectivity index (χ3n) is 3.83. The van der Waals surface area contributed by atoms with Gasteiger partial charge < -0.3 is 9.47 Å². The Hall–Kier alpha value is -1.97. The van der Waals surface area contributed by atoms with Crippen LogP contribution < -0.4 is 4.89 Å². The predicted octanol–water partition coefficient (Wildman–Crippen LogP) is 1.87. The number of esters is 2. The topological polar surface area (TPSA) is 108 Å². The maximum atomic E-state index is 12.0. The zero-order chi connectivity index (χ0) is 20.1. The van der Waals surface area contributed by atoms with E-state index in [2.05, 4.69) is 31.1 Å². The second-order valence-electron chi connectivity index (χ2n) is 5.57. The van der Waals surface area contributed by atoms with Crippen LogP contribution >= 0.6 is 15.9 Å². The van der Waals surface area contributed by atoms with Crippen LogP contribution in [-0.4, -0.2) is 41.2 Å². The Kier molecular flexibility index (Phi) is 6.96. The van der Waals surface area contributed by atoms with Crippen LogP contribution in [0.1, 0.15) is 12.8 Å².